The molecule has 55 heavy (non-hydrogen) atoms. The first-order chi connectivity index (χ1) is 26.3. The third-order valence-corrected chi connectivity index (χ3v) is 10.9. The van der Waals surface area contributed by atoms with Gasteiger partial charge >= 0.3 is 0 Å². The average Bonchev–Trinajstić information content (AvgIpc) is 3.68. The van der Waals surface area contributed by atoms with Gasteiger partial charge in [-0.2, -0.15) is 0 Å². The third-order valence-electron chi connectivity index (χ3n) is 9.93. The van der Waals surface area contributed by atoms with E-state index in [0.717, 1.165) is 37.2 Å². The smallest absolute Gasteiger partial charge is 0.271 e. The molecule has 4 atom stereocenters. The predicted octanol–water partition coefficient (Wildman–Crippen LogP) is 2.91. The number of hydrogen-bond acceptors (Lipinski definition) is 9. The highest BCUT2D eigenvalue weighted by atomic mass is 32.1. The molecule has 2 bridgehead atoms. The van der Waals surface area contributed by atoms with Crippen LogP contribution in [0, 0.1) is 5.92 Å². The number of fused-ring (bicyclic) bond motifs is 2. The molecule has 1 saturated heterocycles. The van der Waals surface area contributed by atoms with Crippen LogP contribution in [-0.2, 0) is 25.6 Å². The maximum absolute atomic E-state index is 14.1. The second-order valence-electron chi connectivity index (χ2n) is 14.6. The molecule has 5 rings (SSSR count). The van der Waals surface area contributed by atoms with Gasteiger partial charge in [-0.15, -0.1) is 11.3 Å². The van der Waals surface area contributed by atoms with Crippen molar-refractivity contribution in [3.8, 4) is 0 Å². The molecular weight excluding hydrogens is 721 g/mol. The van der Waals surface area contributed by atoms with Gasteiger partial charge in [0, 0.05) is 49.9 Å². The van der Waals surface area contributed by atoms with E-state index < -0.39 is 53.7 Å². The Morgan fingerprint density at radius 1 is 0.818 bits per heavy atom. The third kappa shape index (κ3) is 10.9. The molecule has 6 amide bonds. The maximum atomic E-state index is 14.1. The van der Waals surface area contributed by atoms with Crippen molar-refractivity contribution < 1.29 is 28.8 Å². The van der Waals surface area contributed by atoms with E-state index in [1.54, 1.807) is 45.3 Å². The van der Waals surface area contributed by atoms with Crippen LogP contribution in [0.3, 0.4) is 0 Å². The zero-order valence-corrected chi connectivity index (χ0v) is 33.0. The number of anilines is 1. The molecule has 1 fully saturated rings. The van der Waals surface area contributed by atoms with E-state index in [0.29, 0.717) is 17.0 Å². The second kappa shape index (κ2) is 18.8. The number of piperidine rings is 1. The zero-order valence-electron chi connectivity index (χ0n) is 32.2. The normalized spacial score (nSPS) is 22.7. The van der Waals surface area contributed by atoms with Crippen molar-refractivity contribution in [2.24, 2.45) is 5.92 Å². The standard InChI is InChI=1S/C40H52N8O6S/c1-25(2)34-37(52)42-27(4)39(53)46(5)20-21-48(40(54)29-14-16-30(17-15-29)47-18-10-7-11-19-47)23-33(49)43-31(22-28-12-8-6-9-13-28)38-44-32(24-55-38)36(51)41-26(3)35(50)45-34/h6,8-9,12-17,24-27,31,34H,7,10-11,18-23H2,1-5H3,(H,41,51)(H,42,52)(H,43,49)(H,45,50)/t26-,27+,31-,34-/m0/s1. The van der Waals surface area contributed by atoms with Gasteiger partial charge in [-0.05, 0) is 75.3 Å². The minimum atomic E-state index is -1.02. The summed E-state index contributed by atoms with van der Waals surface area (Å²) < 4.78 is 0. The molecule has 14 nitrogen and oxygen atoms in total. The summed E-state index contributed by atoms with van der Waals surface area (Å²) in [5.41, 5.74) is 2.42. The number of carbonyl (C=O) groups is 6. The lowest BCUT2D eigenvalue weighted by atomic mass is 10.0. The Balaban J connectivity index is 1.45. The first-order valence-electron chi connectivity index (χ1n) is 18.9. The highest BCUT2D eigenvalue weighted by molar-refractivity contribution is 7.09. The Kier molecular flexibility index (Phi) is 14.0. The Morgan fingerprint density at radius 3 is 2.18 bits per heavy atom. The maximum Gasteiger partial charge on any atom is 0.271 e. The minimum Gasteiger partial charge on any atom is -0.372 e. The Morgan fingerprint density at radius 2 is 1.51 bits per heavy atom. The molecule has 2 aromatic carbocycles. The van der Waals surface area contributed by atoms with Crippen molar-refractivity contribution in [1.82, 2.24) is 36.1 Å². The van der Waals surface area contributed by atoms with Crippen LogP contribution in [0.5, 0.6) is 0 Å². The molecule has 4 N–H and O–H groups in total. The minimum absolute atomic E-state index is 0.0243. The first kappa shape index (κ1) is 40.9. The lowest BCUT2D eigenvalue weighted by Crippen LogP contribution is -2.57. The fourth-order valence-corrected chi connectivity index (χ4v) is 7.49. The van der Waals surface area contributed by atoms with Gasteiger partial charge in [-0.1, -0.05) is 44.2 Å². The van der Waals surface area contributed by atoms with Crippen LogP contribution >= 0.6 is 11.3 Å². The molecule has 3 heterocycles. The van der Waals surface area contributed by atoms with Crippen LogP contribution in [-0.4, -0.2) is 108 Å². The number of hydrogen-bond donors (Lipinski definition) is 4. The van der Waals surface area contributed by atoms with Crippen molar-refractivity contribution in [2.75, 3.05) is 44.7 Å². The molecule has 0 unspecified atom stereocenters. The number of amides is 6. The topological polar surface area (TPSA) is 173 Å². The highest BCUT2D eigenvalue weighted by Gasteiger charge is 2.31. The van der Waals surface area contributed by atoms with Crippen LogP contribution < -0.4 is 26.2 Å². The molecule has 294 valence electrons. The monoisotopic (exact) mass is 772 g/mol. The van der Waals surface area contributed by atoms with E-state index in [1.807, 2.05) is 42.5 Å². The van der Waals surface area contributed by atoms with Gasteiger partial charge in [0.05, 0.1) is 12.6 Å². The van der Waals surface area contributed by atoms with E-state index in [1.165, 1.54) is 34.5 Å². The fraction of sp³-hybridized carbons (Fsp3) is 0.475. The summed E-state index contributed by atoms with van der Waals surface area (Å²) in [5.74, 6) is -3.33. The van der Waals surface area contributed by atoms with Gasteiger partial charge in [-0.3, -0.25) is 28.8 Å². The zero-order chi connectivity index (χ0) is 39.6. The Hall–Kier alpha value is -5.31. The number of likely N-dealkylation sites (N-methyl/N-ethyl adjacent to an activating group) is 1. The molecule has 0 radical (unpaired) electrons. The summed E-state index contributed by atoms with van der Waals surface area (Å²) in [6.07, 6.45) is 3.80. The van der Waals surface area contributed by atoms with Crippen molar-refractivity contribution in [3.63, 3.8) is 0 Å². The number of nitrogens with one attached hydrogen (secondary N) is 4. The van der Waals surface area contributed by atoms with Crippen LogP contribution in [0.1, 0.15) is 84.4 Å². The number of thiazole rings is 1. The molecule has 15 heteroatoms. The summed E-state index contributed by atoms with van der Waals surface area (Å²) >= 11 is 1.19. The second-order valence-corrected chi connectivity index (χ2v) is 15.5. The van der Waals surface area contributed by atoms with Crippen LogP contribution in [0.15, 0.2) is 60.0 Å². The van der Waals surface area contributed by atoms with Gasteiger partial charge in [0.25, 0.3) is 11.8 Å². The SMILES string of the molecule is CC(C)[C@@H]1NC(=O)[C@H](C)NC(=O)c2csc(n2)[C@H](Cc2ccccc2)NC(=O)CN(C(=O)c2ccc(N3CCCCC3)cc2)CCN(C)C(=O)[C@@H](C)NC1=O. The fourth-order valence-electron chi connectivity index (χ4n) is 6.64. The van der Waals surface area contributed by atoms with Crippen molar-refractivity contribution in [3.05, 3.63) is 81.8 Å². The molecule has 2 aliphatic heterocycles. The average molecular weight is 773 g/mol. The molecule has 0 spiro atoms. The van der Waals surface area contributed by atoms with Gasteiger partial charge in [0.1, 0.15) is 28.8 Å². The molecule has 3 aromatic rings. The van der Waals surface area contributed by atoms with E-state index in [9.17, 15) is 28.8 Å². The molecule has 2 aliphatic rings. The highest BCUT2D eigenvalue weighted by Crippen LogP contribution is 2.24. The van der Waals surface area contributed by atoms with Crippen molar-refractivity contribution >= 4 is 52.5 Å². The number of rotatable bonds is 5. The van der Waals surface area contributed by atoms with Crippen LogP contribution in [0.4, 0.5) is 5.69 Å². The van der Waals surface area contributed by atoms with Gasteiger partial charge in [0.2, 0.25) is 23.6 Å². The van der Waals surface area contributed by atoms with Crippen LogP contribution in [0.2, 0.25) is 0 Å². The number of aromatic nitrogens is 1. The summed E-state index contributed by atoms with van der Waals surface area (Å²) in [7, 11) is 1.57. The lowest BCUT2D eigenvalue weighted by Gasteiger charge is -2.30. The number of carbonyl (C=O) groups excluding carboxylic acids is 6. The Labute approximate surface area is 326 Å². The predicted molar refractivity (Wildman–Crippen MR) is 210 cm³/mol. The lowest BCUT2D eigenvalue weighted by molar-refractivity contribution is -0.136. The quantitative estimate of drug-likeness (QED) is 0.307. The number of benzene rings is 2. The summed E-state index contributed by atoms with van der Waals surface area (Å²) in [6.45, 7) is 8.27. The van der Waals surface area contributed by atoms with Gasteiger partial charge in [-0.25, -0.2) is 4.98 Å². The molecule has 0 saturated carbocycles. The summed E-state index contributed by atoms with van der Waals surface area (Å²) in [5, 5.41) is 13.1. The van der Waals surface area contributed by atoms with E-state index in [-0.39, 0.29) is 37.2 Å². The summed E-state index contributed by atoms with van der Waals surface area (Å²) in [4.78, 5) is 91.0. The number of nitrogens with zero attached hydrogens (tertiary/aromatic N) is 4. The molecule has 1 aromatic heterocycles. The van der Waals surface area contributed by atoms with Gasteiger partial charge in [0.15, 0.2) is 0 Å². The van der Waals surface area contributed by atoms with Crippen LogP contribution in [0.25, 0.3) is 0 Å². The molecular formula is C40H52N8O6S. The van der Waals surface area contributed by atoms with Crippen molar-refractivity contribution in [1.29, 1.82) is 0 Å². The molecule has 0 aliphatic carbocycles. The van der Waals surface area contributed by atoms with Gasteiger partial charge < -0.3 is 36.0 Å². The van der Waals surface area contributed by atoms with Crippen molar-refractivity contribution in [2.45, 2.75) is 77.5 Å². The summed E-state index contributed by atoms with van der Waals surface area (Å²) in [6, 6.07) is 13.3. The van der Waals surface area contributed by atoms with E-state index >= 15 is 0 Å². The Bertz CT molecular complexity index is 1830. The largest absolute Gasteiger partial charge is 0.372 e. The first-order valence-corrected chi connectivity index (χ1v) is 19.8. The van der Waals surface area contributed by atoms with E-state index in [4.69, 9.17) is 0 Å². The van der Waals surface area contributed by atoms with E-state index in [2.05, 4.69) is 31.2 Å².